The van der Waals surface area contributed by atoms with E-state index in [-0.39, 0.29) is 5.91 Å². The number of nitrogens with one attached hydrogen (secondary N) is 2. The number of pyridine rings is 1. The van der Waals surface area contributed by atoms with Crippen molar-refractivity contribution in [2.24, 2.45) is 0 Å². The third kappa shape index (κ3) is 4.03. The number of anilines is 1. The summed E-state index contributed by atoms with van der Waals surface area (Å²) in [6.45, 7) is 1.85. The highest BCUT2D eigenvalue weighted by Gasteiger charge is 2.10. The highest BCUT2D eigenvalue weighted by molar-refractivity contribution is 6.02. The fourth-order valence-corrected chi connectivity index (χ4v) is 2.35. The van der Waals surface area contributed by atoms with Crippen molar-refractivity contribution in [1.29, 1.82) is 0 Å². The Morgan fingerprint density at radius 1 is 1.09 bits per heavy atom. The van der Waals surface area contributed by atoms with Gasteiger partial charge in [0.1, 0.15) is 5.82 Å². The van der Waals surface area contributed by atoms with Crippen molar-refractivity contribution in [1.82, 2.24) is 15.2 Å². The first-order valence-electron chi connectivity index (χ1n) is 7.53. The number of aromatic amines is 1. The Balaban J connectivity index is 1.64. The quantitative estimate of drug-likeness (QED) is 0.760. The molecule has 3 aromatic rings. The van der Waals surface area contributed by atoms with Crippen molar-refractivity contribution in [3.05, 3.63) is 77.2 Å². The first-order chi connectivity index (χ1) is 11.2. The highest BCUT2D eigenvalue weighted by atomic mass is 16.2. The monoisotopic (exact) mass is 306 g/mol. The van der Waals surface area contributed by atoms with Gasteiger partial charge in [-0.3, -0.25) is 9.89 Å². The second kappa shape index (κ2) is 6.87. The zero-order chi connectivity index (χ0) is 16.1. The molecule has 0 radical (unpaired) electrons. The van der Waals surface area contributed by atoms with E-state index in [9.17, 15) is 4.79 Å². The first-order valence-corrected chi connectivity index (χ1v) is 7.53. The molecule has 1 amide bonds. The van der Waals surface area contributed by atoms with Gasteiger partial charge in [-0.25, -0.2) is 4.98 Å². The van der Waals surface area contributed by atoms with E-state index in [2.05, 4.69) is 32.6 Å². The van der Waals surface area contributed by atoms with Crippen molar-refractivity contribution in [3.63, 3.8) is 0 Å². The molecule has 0 fully saturated rings. The van der Waals surface area contributed by atoms with Gasteiger partial charge in [0.15, 0.2) is 5.69 Å². The van der Waals surface area contributed by atoms with Crippen LogP contribution in [0.2, 0.25) is 0 Å². The van der Waals surface area contributed by atoms with E-state index >= 15 is 0 Å². The van der Waals surface area contributed by atoms with Crippen LogP contribution in [0, 0.1) is 6.92 Å². The Morgan fingerprint density at radius 3 is 2.61 bits per heavy atom. The molecule has 0 aliphatic carbocycles. The van der Waals surface area contributed by atoms with Gasteiger partial charge in [-0.15, -0.1) is 0 Å². The molecule has 23 heavy (non-hydrogen) atoms. The molecule has 0 aliphatic rings. The summed E-state index contributed by atoms with van der Waals surface area (Å²) in [7, 11) is 0. The van der Waals surface area contributed by atoms with E-state index in [0.29, 0.717) is 11.5 Å². The maximum absolute atomic E-state index is 12.1. The molecule has 2 N–H and O–H groups in total. The summed E-state index contributed by atoms with van der Waals surface area (Å²) in [6, 6.07) is 15.9. The van der Waals surface area contributed by atoms with E-state index in [4.69, 9.17) is 0 Å². The summed E-state index contributed by atoms with van der Waals surface area (Å²) >= 11 is 0. The number of rotatable bonds is 5. The molecule has 3 rings (SSSR count). The number of aromatic nitrogens is 3. The van der Waals surface area contributed by atoms with Crippen LogP contribution in [0.15, 0.2) is 54.7 Å². The van der Waals surface area contributed by atoms with Crippen molar-refractivity contribution < 1.29 is 4.79 Å². The van der Waals surface area contributed by atoms with Gasteiger partial charge < -0.3 is 5.32 Å². The normalized spacial score (nSPS) is 10.5. The Hall–Kier alpha value is -2.95. The average Bonchev–Trinajstić information content (AvgIpc) is 3.01. The maximum atomic E-state index is 12.1. The summed E-state index contributed by atoms with van der Waals surface area (Å²) in [5, 5.41) is 9.48. The van der Waals surface area contributed by atoms with E-state index in [0.717, 1.165) is 24.1 Å². The Kier molecular flexibility index (Phi) is 4.47. The Morgan fingerprint density at radius 2 is 1.87 bits per heavy atom. The zero-order valence-electron chi connectivity index (χ0n) is 12.9. The van der Waals surface area contributed by atoms with E-state index in [1.54, 1.807) is 12.3 Å². The molecule has 0 atom stereocenters. The fraction of sp³-hybridized carbons (Fsp3) is 0.167. The number of benzene rings is 1. The lowest BCUT2D eigenvalue weighted by Gasteiger charge is -2.06. The van der Waals surface area contributed by atoms with Crippen LogP contribution in [0.25, 0.3) is 0 Å². The molecule has 0 unspecified atom stereocenters. The summed E-state index contributed by atoms with van der Waals surface area (Å²) in [6.07, 6.45) is 3.57. The van der Waals surface area contributed by atoms with Crippen molar-refractivity contribution >= 4 is 11.7 Å². The Labute approximate surface area is 134 Å². The molecule has 0 aliphatic heterocycles. The summed E-state index contributed by atoms with van der Waals surface area (Å²) in [5.74, 6) is 0.281. The molecule has 1 aromatic carbocycles. The largest absolute Gasteiger partial charge is 0.305 e. The van der Waals surface area contributed by atoms with Crippen LogP contribution in [0.5, 0.6) is 0 Å². The lowest BCUT2D eigenvalue weighted by Crippen LogP contribution is -2.13. The van der Waals surface area contributed by atoms with Crippen molar-refractivity contribution in [2.75, 3.05) is 5.32 Å². The Bertz CT molecular complexity index is 796. The van der Waals surface area contributed by atoms with Gasteiger partial charge in [0.2, 0.25) is 0 Å². The van der Waals surface area contributed by atoms with Crippen LogP contribution in [0.1, 0.15) is 27.3 Å². The summed E-state index contributed by atoms with van der Waals surface area (Å²) < 4.78 is 0. The van der Waals surface area contributed by atoms with Gasteiger partial charge in [-0.1, -0.05) is 30.3 Å². The molecule has 5 heteroatoms. The number of carbonyl (C=O) groups is 1. The second-order valence-electron chi connectivity index (χ2n) is 5.43. The summed E-state index contributed by atoms with van der Waals surface area (Å²) in [4.78, 5) is 16.3. The fourth-order valence-electron chi connectivity index (χ4n) is 2.35. The standard InChI is InChI=1S/C18H18N4O/c1-13-11-16(22-21-13)18(23)20-17-12-15(9-10-19-17)8-7-14-5-3-2-4-6-14/h2-6,9-12H,7-8H2,1H3,(H,21,22)(H,19,20,23). The van der Waals surface area contributed by atoms with Gasteiger partial charge >= 0.3 is 0 Å². The predicted octanol–water partition coefficient (Wildman–Crippen LogP) is 3.15. The molecule has 0 spiro atoms. The molecule has 2 heterocycles. The number of hydrogen-bond donors (Lipinski definition) is 2. The molecule has 0 saturated heterocycles. The number of carbonyl (C=O) groups excluding carboxylic acids is 1. The number of amides is 1. The van der Waals surface area contributed by atoms with Gasteiger partial charge in [-0.05, 0) is 49.1 Å². The zero-order valence-corrected chi connectivity index (χ0v) is 12.9. The van der Waals surface area contributed by atoms with Crippen LogP contribution >= 0.6 is 0 Å². The average molecular weight is 306 g/mol. The van der Waals surface area contributed by atoms with Gasteiger partial charge in [0, 0.05) is 11.9 Å². The molecule has 2 aromatic heterocycles. The first kappa shape index (κ1) is 15.0. The van der Waals surface area contributed by atoms with Crippen molar-refractivity contribution in [3.8, 4) is 0 Å². The van der Waals surface area contributed by atoms with Crippen LogP contribution in [0.3, 0.4) is 0 Å². The van der Waals surface area contributed by atoms with Crippen LogP contribution in [-0.2, 0) is 12.8 Å². The molecular weight excluding hydrogens is 288 g/mol. The van der Waals surface area contributed by atoms with Crippen LogP contribution in [0.4, 0.5) is 5.82 Å². The van der Waals surface area contributed by atoms with Gasteiger partial charge in [-0.2, -0.15) is 5.10 Å². The summed E-state index contributed by atoms with van der Waals surface area (Å²) in [5.41, 5.74) is 3.64. The molecule has 116 valence electrons. The molecular formula is C18H18N4O. The number of H-pyrrole nitrogens is 1. The van der Waals surface area contributed by atoms with Crippen molar-refractivity contribution in [2.45, 2.75) is 19.8 Å². The van der Waals surface area contributed by atoms with Crippen LogP contribution in [-0.4, -0.2) is 21.1 Å². The topological polar surface area (TPSA) is 70.7 Å². The number of aryl methyl sites for hydroxylation is 3. The second-order valence-corrected chi connectivity index (χ2v) is 5.43. The van der Waals surface area contributed by atoms with Gasteiger partial charge in [0.25, 0.3) is 5.91 Å². The molecule has 0 bridgehead atoms. The molecule has 0 saturated carbocycles. The maximum Gasteiger partial charge on any atom is 0.277 e. The minimum Gasteiger partial charge on any atom is -0.305 e. The minimum absolute atomic E-state index is 0.262. The predicted molar refractivity (Wildman–Crippen MR) is 89.4 cm³/mol. The van der Waals surface area contributed by atoms with E-state index in [1.165, 1.54) is 5.56 Å². The van der Waals surface area contributed by atoms with E-state index < -0.39 is 0 Å². The highest BCUT2D eigenvalue weighted by Crippen LogP contribution is 2.12. The molecule has 5 nitrogen and oxygen atoms in total. The van der Waals surface area contributed by atoms with Gasteiger partial charge in [0.05, 0.1) is 0 Å². The minimum atomic E-state index is -0.262. The number of nitrogens with zero attached hydrogens (tertiary/aromatic N) is 2. The third-order valence-electron chi connectivity index (χ3n) is 3.55. The third-order valence-corrected chi connectivity index (χ3v) is 3.55. The SMILES string of the molecule is Cc1cc(C(=O)Nc2cc(CCc3ccccc3)ccn2)n[nH]1. The lowest BCUT2D eigenvalue weighted by atomic mass is 10.1. The van der Waals surface area contributed by atoms with Crippen LogP contribution < -0.4 is 5.32 Å². The lowest BCUT2D eigenvalue weighted by molar-refractivity contribution is 0.102. The number of hydrogen-bond acceptors (Lipinski definition) is 3. The smallest absolute Gasteiger partial charge is 0.277 e. The van der Waals surface area contributed by atoms with E-state index in [1.807, 2.05) is 37.3 Å².